The van der Waals surface area contributed by atoms with Gasteiger partial charge in [-0.2, -0.15) is 0 Å². The molecule has 0 radical (unpaired) electrons. The summed E-state index contributed by atoms with van der Waals surface area (Å²) in [6.07, 6.45) is -0.227. The molecule has 0 bridgehead atoms. The minimum Gasteiger partial charge on any atom is -0.450 e. The zero-order chi connectivity index (χ0) is 20.4. The molecule has 0 saturated carbocycles. The first-order chi connectivity index (χ1) is 13.6. The molecule has 1 heterocycles. The van der Waals surface area contributed by atoms with E-state index in [-0.39, 0.29) is 30.1 Å². The van der Waals surface area contributed by atoms with Crippen molar-refractivity contribution in [3.05, 3.63) is 35.4 Å². The molecule has 2 rings (SSSR count). The van der Waals surface area contributed by atoms with Crippen molar-refractivity contribution in [1.29, 1.82) is 0 Å². The summed E-state index contributed by atoms with van der Waals surface area (Å²) in [5.74, 6) is 0.873. The molecule has 0 aliphatic carbocycles. The van der Waals surface area contributed by atoms with Crippen LogP contribution < -0.4 is 5.32 Å². The van der Waals surface area contributed by atoms with E-state index in [4.69, 9.17) is 4.74 Å². The van der Waals surface area contributed by atoms with Crippen molar-refractivity contribution in [1.82, 2.24) is 20.0 Å². The van der Waals surface area contributed by atoms with Gasteiger partial charge in [0.05, 0.1) is 6.61 Å². The Labute approximate surface area is 192 Å². The molecule has 0 atom stereocenters. The van der Waals surface area contributed by atoms with Crippen LogP contribution in [0.3, 0.4) is 0 Å². The molecule has 164 valence electrons. The molecule has 7 nitrogen and oxygen atoms in total. The molecule has 29 heavy (non-hydrogen) atoms. The molecule has 1 amide bonds. The zero-order valence-electron chi connectivity index (χ0n) is 18.2. The molecule has 1 N–H and O–H groups in total. The second kappa shape index (κ2) is 13.6. The zero-order valence-corrected chi connectivity index (χ0v) is 20.5. The molecule has 1 aromatic carbocycles. The van der Waals surface area contributed by atoms with Crippen LogP contribution in [-0.4, -0.2) is 79.7 Å². The third-order valence-electron chi connectivity index (χ3n) is 5.06. The van der Waals surface area contributed by atoms with Crippen LogP contribution in [0.25, 0.3) is 0 Å². The van der Waals surface area contributed by atoms with Gasteiger partial charge in [-0.3, -0.25) is 9.89 Å². The van der Waals surface area contributed by atoms with Crippen molar-refractivity contribution in [3.8, 4) is 0 Å². The highest BCUT2D eigenvalue weighted by Gasteiger charge is 2.23. The normalized spacial score (nSPS) is 14.6. The molecule has 0 unspecified atom stereocenters. The SMILES string of the molecule is CCOC(=O)N1CCN(C(=NC)NCc2cccc(CN(CC)CC)c2)CC1.I. The van der Waals surface area contributed by atoms with Crippen LogP contribution in [0.15, 0.2) is 29.3 Å². The van der Waals surface area contributed by atoms with E-state index in [2.05, 4.69) is 58.2 Å². The molecule has 1 fully saturated rings. The third-order valence-corrected chi connectivity index (χ3v) is 5.06. The maximum Gasteiger partial charge on any atom is 0.409 e. The number of rotatable bonds is 7. The molecule has 0 aromatic heterocycles. The Morgan fingerprint density at radius 3 is 2.31 bits per heavy atom. The summed E-state index contributed by atoms with van der Waals surface area (Å²) >= 11 is 0. The molecular weight excluding hydrogens is 481 g/mol. The Hall–Kier alpha value is -1.55. The average molecular weight is 517 g/mol. The Bertz CT molecular complexity index is 644. The van der Waals surface area contributed by atoms with Crippen molar-refractivity contribution in [2.45, 2.75) is 33.9 Å². The maximum atomic E-state index is 11.8. The number of piperazine rings is 1. The Morgan fingerprint density at radius 1 is 1.10 bits per heavy atom. The minimum atomic E-state index is -0.227. The van der Waals surface area contributed by atoms with E-state index < -0.39 is 0 Å². The van der Waals surface area contributed by atoms with Gasteiger partial charge < -0.3 is 19.9 Å². The lowest BCUT2D eigenvalue weighted by molar-refractivity contribution is 0.0914. The summed E-state index contributed by atoms with van der Waals surface area (Å²) in [6.45, 7) is 13.3. The lowest BCUT2D eigenvalue weighted by Crippen LogP contribution is -2.53. The van der Waals surface area contributed by atoms with Crippen molar-refractivity contribution in [2.75, 3.05) is 52.9 Å². The van der Waals surface area contributed by atoms with E-state index in [1.807, 2.05) is 6.92 Å². The van der Waals surface area contributed by atoms with Crippen molar-refractivity contribution >= 4 is 36.0 Å². The van der Waals surface area contributed by atoms with Gasteiger partial charge >= 0.3 is 6.09 Å². The molecule has 1 aromatic rings. The topological polar surface area (TPSA) is 60.4 Å². The summed E-state index contributed by atoms with van der Waals surface area (Å²) in [7, 11) is 1.80. The van der Waals surface area contributed by atoms with Crippen LogP contribution in [-0.2, 0) is 17.8 Å². The predicted molar refractivity (Wildman–Crippen MR) is 129 cm³/mol. The number of aliphatic imine (C=N–C) groups is 1. The highest BCUT2D eigenvalue weighted by atomic mass is 127. The second-order valence-electron chi connectivity index (χ2n) is 6.86. The fourth-order valence-electron chi connectivity index (χ4n) is 3.37. The van der Waals surface area contributed by atoms with Crippen LogP contribution >= 0.6 is 24.0 Å². The lowest BCUT2D eigenvalue weighted by Gasteiger charge is -2.35. The second-order valence-corrected chi connectivity index (χ2v) is 6.86. The average Bonchev–Trinajstić information content (AvgIpc) is 2.73. The monoisotopic (exact) mass is 517 g/mol. The summed E-state index contributed by atoms with van der Waals surface area (Å²) in [4.78, 5) is 22.6. The number of nitrogens with zero attached hydrogens (tertiary/aromatic N) is 4. The maximum absolute atomic E-state index is 11.8. The Balaban J connectivity index is 0.00000420. The molecule has 1 aliphatic heterocycles. The number of nitrogens with one attached hydrogen (secondary N) is 1. The first-order valence-corrected chi connectivity index (χ1v) is 10.3. The lowest BCUT2D eigenvalue weighted by atomic mass is 10.1. The van der Waals surface area contributed by atoms with Gasteiger partial charge in [-0.15, -0.1) is 24.0 Å². The summed E-state index contributed by atoms with van der Waals surface area (Å²) in [5, 5.41) is 3.46. The minimum absolute atomic E-state index is 0. The number of carbonyl (C=O) groups is 1. The van der Waals surface area contributed by atoms with Gasteiger partial charge in [-0.25, -0.2) is 4.79 Å². The number of amides is 1. The molecule has 1 aliphatic rings. The van der Waals surface area contributed by atoms with Gasteiger partial charge in [-0.1, -0.05) is 38.1 Å². The van der Waals surface area contributed by atoms with Gasteiger partial charge in [-0.05, 0) is 31.1 Å². The first-order valence-electron chi connectivity index (χ1n) is 10.3. The van der Waals surface area contributed by atoms with Gasteiger partial charge in [0, 0.05) is 46.3 Å². The molecule has 1 saturated heterocycles. The third kappa shape index (κ3) is 8.00. The molecular formula is C21H36IN5O2. The number of ether oxygens (including phenoxy) is 1. The van der Waals surface area contributed by atoms with E-state index in [1.165, 1.54) is 11.1 Å². The Kier molecular flexibility index (Phi) is 12.0. The molecule has 8 heteroatoms. The van der Waals surface area contributed by atoms with Crippen LogP contribution in [0.5, 0.6) is 0 Å². The van der Waals surface area contributed by atoms with E-state index in [9.17, 15) is 4.79 Å². The van der Waals surface area contributed by atoms with Crippen molar-refractivity contribution in [2.24, 2.45) is 4.99 Å². The first kappa shape index (κ1) is 25.5. The van der Waals surface area contributed by atoms with Crippen LogP contribution in [0.4, 0.5) is 4.79 Å². The number of benzene rings is 1. The highest BCUT2D eigenvalue weighted by Crippen LogP contribution is 2.09. The van der Waals surface area contributed by atoms with E-state index in [0.717, 1.165) is 45.2 Å². The summed E-state index contributed by atoms with van der Waals surface area (Å²) < 4.78 is 5.08. The number of guanidine groups is 1. The van der Waals surface area contributed by atoms with Gasteiger partial charge in [0.2, 0.25) is 0 Å². The molecule has 0 spiro atoms. The standard InChI is InChI=1S/C21H35N5O2.HI/c1-5-24(6-2)17-19-10-8-9-18(15-19)16-23-20(22-4)25-11-13-26(14-12-25)21(27)28-7-3;/h8-10,15H,5-7,11-14,16-17H2,1-4H3,(H,22,23);1H. The fraction of sp³-hybridized carbons (Fsp3) is 0.619. The number of hydrogen-bond donors (Lipinski definition) is 1. The predicted octanol–water partition coefficient (Wildman–Crippen LogP) is 3.00. The number of halogens is 1. The summed E-state index contributed by atoms with van der Waals surface area (Å²) in [6, 6.07) is 8.71. The number of carbonyl (C=O) groups excluding carboxylic acids is 1. The largest absolute Gasteiger partial charge is 0.450 e. The van der Waals surface area contributed by atoms with Crippen LogP contribution in [0, 0.1) is 0 Å². The quantitative estimate of drug-likeness (QED) is 0.343. The van der Waals surface area contributed by atoms with Crippen molar-refractivity contribution < 1.29 is 9.53 Å². The number of hydrogen-bond acceptors (Lipinski definition) is 4. The highest BCUT2D eigenvalue weighted by molar-refractivity contribution is 14.0. The van der Waals surface area contributed by atoms with Gasteiger partial charge in [0.15, 0.2) is 5.96 Å². The fourth-order valence-corrected chi connectivity index (χ4v) is 3.37. The Morgan fingerprint density at radius 2 is 1.72 bits per heavy atom. The van der Waals surface area contributed by atoms with Crippen LogP contribution in [0.2, 0.25) is 0 Å². The van der Waals surface area contributed by atoms with Crippen LogP contribution in [0.1, 0.15) is 31.9 Å². The smallest absolute Gasteiger partial charge is 0.409 e. The van der Waals surface area contributed by atoms with Gasteiger partial charge in [0.25, 0.3) is 0 Å². The van der Waals surface area contributed by atoms with Gasteiger partial charge in [0.1, 0.15) is 0 Å². The van der Waals surface area contributed by atoms with Crippen molar-refractivity contribution in [3.63, 3.8) is 0 Å². The van der Waals surface area contributed by atoms with E-state index >= 15 is 0 Å². The summed E-state index contributed by atoms with van der Waals surface area (Å²) in [5.41, 5.74) is 2.58. The van der Waals surface area contributed by atoms with E-state index in [1.54, 1.807) is 11.9 Å². The van der Waals surface area contributed by atoms with E-state index in [0.29, 0.717) is 19.7 Å².